The van der Waals surface area contributed by atoms with Gasteiger partial charge in [0.15, 0.2) is 0 Å². The number of aliphatic hydroxyl groups excluding tert-OH is 2. The number of carbonyl (C=O) groups excluding carboxylic acids is 10. The van der Waals surface area contributed by atoms with E-state index in [-0.39, 0.29) is 49.5 Å². The number of unbranched alkanes of at least 4 members (excludes halogenated alkanes) is 5. The molecule has 0 aromatic heterocycles. The lowest BCUT2D eigenvalue weighted by Gasteiger charge is -2.36. The number of amides is 9. The fourth-order valence-corrected chi connectivity index (χ4v) is 9.40. The van der Waals surface area contributed by atoms with Crippen molar-refractivity contribution in [1.82, 2.24) is 52.3 Å². The Balaban J connectivity index is 3.24. The molecule has 1 fully saturated rings. The van der Waals surface area contributed by atoms with Crippen LogP contribution in [0.1, 0.15) is 195 Å². The van der Waals surface area contributed by atoms with E-state index in [9.17, 15) is 58.2 Å². The Labute approximate surface area is 478 Å². The maximum atomic E-state index is 14.4. The standard InChI is InChI=1S/C58H106N10O12/c1-19-21-22-23-24-25-27-37(7)50(76)68-29-26-28-42(68)46(72)61-45(38(8)32-41(71)33-40(70)20-2)49(75)64-58(16,17)54(80)66-56(12,13)52(78)62-43(35(3)4)47(73)60-44(36(5)6)48(74)63-57(14,15)53(79)65-55(10,11)51(77)59-39(9)34-67(18)30-31-69/h35-39,41-45,69,71H,19-34H2,1-18H3,(H,59,77)(H,60,73)(H,61,72)(H,62,78)(H,63,74)(H,64,75)(H,65,79)(H,66,80). The van der Waals surface area contributed by atoms with Crippen molar-refractivity contribution in [3.05, 3.63) is 0 Å². The van der Waals surface area contributed by atoms with Crippen molar-refractivity contribution < 1.29 is 58.2 Å². The summed E-state index contributed by atoms with van der Waals surface area (Å²) < 4.78 is 0. The Morgan fingerprint density at radius 3 is 1.57 bits per heavy atom. The third-order valence-electron chi connectivity index (χ3n) is 14.8. The normalized spacial score (nSPS) is 16.8. The van der Waals surface area contributed by atoms with Crippen molar-refractivity contribution in [3.63, 3.8) is 0 Å². The number of Topliss-reactive ketones (excluding diaryl/α,β-unsaturated/α-hetero) is 1. The summed E-state index contributed by atoms with van der Waals surface area (Å²) in [6.45, 7) is 28.6. The van der Waals surface area contributed by atoms with Crippen molar-refractivity contribution in [2.45, 2.75) is 253 Å². The molecule has 9 amide bonds. The molecule has 8 atom stereocenters. The zero-order valence-corrected chi connectivity index (χ0v) is 52.0. The first kappa shape index (κ1) is 72.8. The Kier molecular flexibility index (Phi) is 30.1. The molecular formula is C58H106N10O12. The van der Waals surface area contributed by atoms with Crippen LogP contribution in [-0.4, -0.2) is 171 Å². The monoisotopic (exact) mass is 1130 g/mol. The molecule has 1 saturated heterocycles. The van der Waals surface area contributed by atoms with Crippen LogP contribution in [0, 0.1) is 23.7 Å². The lowest BCUT2D eigenvalue weighted by molar-refractivity contribution is -0.143. The van der Waals surface area contributed by atoms with Crippen molar-refractivity contribution in [3.8, 4) is 0 Å². The van der Waals surface area contributed by atoms with Gasteiger partial charge in [0.1, 0.15) is 52.1 Å². The molecule has 0 spiro atoms. The molecule has 1 heterocycles. The number of hydrogen-bond acceptors (Lipinski definition) is 13. The van der Waals surface area contributed by atoms with Crippen LogP contribution in [0.15, 0.2) is 0 Å². The average Bonchev–Trinajstić information content (AvgIpc) is 3.84. The second kappa shape index (κ2) is 33.0. The highest BCUT2D eigenvalue weighted by molar-refractivity contribution is 6.01. The van der Waals surface area contributed by atoms with Gasteiger partial charge in [-0.1, -0.05) is 93.9 Å². The van der Waals surface area contributed by atoms with E-state index in [1.165, 1.54) is 61.8 Å². The maximum Gasteiger partial charge on any atom is 0.246 e. The van der Waals surface area contributed by atoms with Gasteiger partial charge in [0.25, 0.3) is 0 Å². The molecule has 0 bridgehead atoms. The van der Waals surface area contributed by atoms with Crippen LogP contribution in [0.3, 0.4) is 0 Å². The highest BCUT2D eigenvalue weighted by Gasteiger charge is 2.44. The number of carbonyl (C=O) groups is 10. The van der Waals surface area contributed by atoms with Crippen LogP contribution in [0.25, 0.3) is 0 Å². The quantitative estimate of drug-likeness (QED) is 0.0404. The molecule has 1 aliphatic heterocycles. The van der Waals surface area contributed by atoms with Gasteiger partial charge < -0.3 is 62.5 Å². The van der Waals surface area contributed by atoms with Gasteiger partial charge in [0.2, 0.25) is 53.2 Å². The number of rotatable bonds is 36. The van der Waals surface area contributed by atoms with E-state index < -0.39 is 117 Å². The molecule has 460 valence electrons. The van der Waals surface area contributed by atoms with Gasteiger partial charge >= 0.3 is 0 Å². The highest BCUT2D eigenvalue weighted by Crippen LogP contribution is 2.25. The summed E-state index contributed by atoms with van der Waals surface area (Å²) >= 11 is 0. The summed E-state index contributed by atoms with van der Waals surface area (Å²) in [6.07, 6.45) is 7.01. The van der Waals surface area contributed by atoms with Crippen LogP contribution in [0.5, 0.6) is 0 Å². The van der Waals surface area contributed by atoms with Crippen molar-refractivity contribution >= 4 is 58.9 Å². The van der Waals surface area contributed by atoms with Crippen LogP contribution < -0.4 is 42.5 Å². The van der Waals surface area contributed by atoms with Crippen molar-refractivity contribution in [2.75, 3.05) is 33.3 Å². The van der Waals surface area contributed by atoms with Crippen LogP contribution in [-0.2, 0) is 47.9 Å². The molecular weight excluding hydrogens is 1030 g/mol. The zero-order chi connectivity index (χ0) is 61.7. The Morgan fingerprint density at radius 1 is 0.600 bits per heavy atom. The summed E-state index contributed by atoms with van der Waals surface area (Å²) in [5.41, 5.74) is -6.41. The fourth-order valence-electron chi connectivity index (χ4n) is 9.40. The summed E-state index contributed by atoms with van der Waals surface area (Å²) in [5, 5.41) is 42.0. The molecule has 0 aromatic rings. The molecule has 1 aliphatic rings. The molecule has 80 heavy (non-hydrogen) atoms. The van der Waals surface area contributed by atoms with Crippen LogP contribution >= 0.6 is 0 Å². The summed E-state index contributed by atoms with van der Waals surface area (Å²) in [7, 11) is 1.80. The number of hydrogen-bond donors (Lipinski definition) is 10. The SMILES string of the molecule is CCCCCCCCC(C)C(=O)N1CCCC1C(=O)NC(C(=O)NC(C)(C)C(=O)NC(C)(C)C(=O)NC(C(=O)NC(C(=O)NC(C)(C)C(=O)NC(C)(C)C(=O)NC(C)CN(C)CCO)C(C)C)C(C)C)C(C)CC(O)CC(=O)CC. The van der Waals surface area contributed by atoms with Gasteiger partial charge in [-0.3, -0.25) is 47.9 Å². The van der Waals surface area contributed by atoms with E-state index in [2.05, 4.69) is 49.5 Å². The van der Waals surface area contributed by atoms with Crippen molar-refractivity contribution in [2.24, 2.45) is 23.7 Å². The number of ketones is 1. The molecule has 10 N–H and O–H groups in total. The second-order valence-electron chi connectivity index (χ2n) is 25.3. The zero-order valence-electron chi connectivity index (χ0n) is 52.0. The smallest absolute Gasteiger partial charge is 0.246 e. The molecule has 1 rings (SSSR count). The highest BCUT2D eigenvalue weighted by atomic mass is 16.3. The second-order valence-corrected chi connectivity index (χ2v) is 25.3. The van der Waals surface area contributed by atoms with Crippen molar-refractivity contribution in [1.29, 1.82) is 0 Å². The van der Waals surface area contributed by atoms with Gasteiger partial charge in [-0.2, -0.15) is 0 Å². The molecule has 0 saturated carbocycles. The topological polar surface area (TPSA) is 314 Å². The summed E-state index contributed by atoms with van der Waals surface area (Å²) in [4.78, 5) is 141. The van der Waals surface area contributed by atoms with E-state index in [0.717, 1.165) is 32.1 Å². The first-order valence-corrected chi connectivity index (χ1v) is 29.2. The predicted octanol–water partition coefficient (Wildman–Crippen LogP) is 2.89. The number of likely N-dealkylation sites (tertiary alicyclic amines) is 1. The Hall–Kier alpha value is -5.22. The minimum atomic E-state index is -1.73. The van der Waals surface area contributed by atoms with E-state index >= 15 is 0 Å². The Morgan fingerprint density at radius 2 is 1.07 bits per heavy atom. The number of nitrogens with zero attached hydrogens (tertiary/aromatic N) is 2. The van der Waals surface area contributed by atoms with E-state index in [1.54, 1.807) is 60.4 Å². The largest absolute Gasteiger partial charge is 0.395 e. The minimum Gasteiger partial charge on any atom is -0.395 e. The number of likely N-dealkylation sites (N-methyl/N-ethyl adjacent to an activating group) is 1. The van der Waals surface area contributed by atoms with Gasteiger partial charge in [0, 0.05) is 44.4 Å². The number of aliphatic hydroxyl groups is 2. The third kappa shape index (κ3) is 23.7. The molecule has 0 radical (unpaired) electrons. The lowest BCUT2D eigenvalue weighted by Crippen LogP contribution is -2.67. The summed E-state index contributed by atoms with van der Waals surface area (Å²) in [5.74, 6) is -7.94. The van der Waals surface area contributed by atoms with Gasteiger partial charge in [0.05, 0.1) is 12.7 Å². The molecule has 22 heteroatoms. The van der Waals surface area contributed by atoms with Crippen LogP contribution in [0.4, 0.5) is 0 Å². The van der Waals surface area contributed by atoms with E-state index in [1.807, 2.05) is 11.8 Å². The summed E-state index contributed by atoms with van der Waals surface area (Å²) in [6, 6.07) is -4.91. The third-order valence-corrected chi connectivity index (χ3v) is 14.8. The van der Waals surface area contributed by atoms with Crippen LogP contribution in [0.2, 0.25) is 0 Å². The fraction of sp³-hybridized carbons (Fsp3) is 0.828. The molecule has 0 aromatic carbocycles. The maximum absolute atomic E-state index is 14.4. The molecule has 22 nitrogen and oxygen atoms in total. The van der Waals surface area contributed by atoms with Gasteiger partial charge in [-0.15, -0.1) is 0 Å². The lowest BCUT2D eigenvalue weighted by atomic mass is 9.90. The first-order chi connectivity index (χ1) is 36.9. The van der Waals surface area contributed by atoms with E-state index in [4.69, 9.17) is 0 Å². The molecule has 8 unspecified atom stereocenters. The van der Waals surface area contributed by atoms with Gasteiger partial charge in [-0.25, -0.2) is 0 Å². The first-order valence-electron chi connectivity index (χ1n) is 29.2. The number of nitrogens with one attached hydrogen (secondary N) is 8. The van der Waals surface area contributed by atoms with E-state index in [0.29, 0.717) is 38.9 Å². The molecule has 0 aliphatic carbocycles. The predicted molar refractivity (Wildman–Crippen MR) is 308 cm³/mol. The van der Waals surface area contributed by atoms with Gasteiger partial charge in [-0.05, 0) is 113 Å². The minimum absolute atomic E-state index is 0.0420. The Bertz CT molecular complexity index is 2090. The average molecular weight is 1140 g/mol.